The molecular formula is C48H29N3S. The zero-order valence-electron chi connectivity index (χ0n) is 28.0. The van der Waals surface area contributed by atoms with E-state index in [4.69, 9.17) is 9.97 Å². The zero-order valence-corrected chi connectivity index (χ0v) is 28.8. The lowest BCUT2D eigenvalue weighted by Gasteiger charge is -2.11. The summed E-state index contributed by atoms with van der Waals surface area (Å²) < 4.78 is 4.67. The fraction of sp³-hybridized carbons (Fsp3) is 0. The number of para-hydroxylation sites is 2. The fourth-order valence-electron chi connectivity index (χ4n) is 7.89. The van der Waals surface area contributed by atoms with Crippen molar-refractivity contribution in [1.29, 1.82) is 0 Å². The van der Waals surface area contributed by atoms with E-state index in [0.717, 1.165) is 43.9 Å². The van der Waals surface area contributed by atoms with Crippen LogP contribution in [0.3, 0.4) is 0 Å². The van der Waals surface area contributed by atoms with E-state index < -0.39 is 0 Å². The Labute approximate surface area is 303 Å². The standard InChI is InChI=1S/C48H29N3S/c1-2-10-37-31(9-1)19-22-35-29-34(25-28-38(35)37)30-17-20-32(21-18-30)45-47-46(41-13-5-8-16-44(41)52-47)50-48(49-45)33-23-26-36(27-24-33)51-42-14-6-3-11-39(42)40-12-4-7-15-43(40)51/h1-29H. The van der Waals surface area contributed by atoms with Gasteiger partial charge in [-0.3, -0.25) is 0 Å². The Morgan fingerprint density at radius 2 is 0.981 bits per heavy atom. The van der Waals surface area contributed by atoms with Gasteiger partial charge in [-0.05, 0) is 81.2 Å². The van der Waals surface area contributed by atoms with Crippen molar-refractivity contribution in [3.05, 3.63) is 176 Å². The van der Waals surface area contributed by atoms with Crippen LogP contribution in [0.25, 0.3) is 103 Å². The first-order valence-electron chi connectivity index (χ1n) is 17.6. The van der Waals surface area contributed by atoms with Gasteiger partial charge < -0.3 is 4.57 Å². The molecule has 52 heavy (non-hydrogen) atoms. The van der Waals surface area contributed by atoms with Gasteiger partial charge in [-0.1, -0.05) is 127 Å². The van der Waals surface area contributed by atoms with Crippen molar-refractivity contribution < 1.29 is 0 Å². The Morgan fingerprint density at radius 1 is 0.404 bits per heavy atom. The van der Waals surface area contributed by atoms with Crippen molar-refractivity contribution in [2.45, 2.75) is 0 Å². The number of thiophene rings is 1. The van der Waals surface area contributed by atoms with Crippen molar-refractivity contribution in [1.82, 2.24) is 14.5 Å². The molecule has 0 aliphatic heterocycles. The van der Waals surface area contributed by atoms with Crippen LogP contribution in [0.2, 0.25) is 0 Å². The Hall–Kier alpha value is -6.62. The summed E-state index contributed by atoms with van der Waals surface area (Å²) in [6.45, 7) is 0. The number of nitrogens with zero attached hydrogens (tertiary/aromatic N) is 3. The predicted molar refractivity (Wildman–Crippen MR) is 221 cm³/mol. The normalized spacial score (nSPS) is 11.8. The van der Waals surface area contributed by atoms with Crippen LogP contribution in [0.1, 0.15) is 0 Å². The summed E-state index contributed by atoms with van der Waals surface area (Å²) in [5.41, 5.74) is 9.92. The molecule has 0 spiro atoms. The maximum atomic E-state index is 5.29. The summed E-state index contributed by atoms with van der Waals surface area (Å²) in [4.78, 5) is 10.5. The highest BCUT2D eigenvalue weighted by molar-refractivity contribution is 7.26. The van der Waals surface area contributed by atoms with Crippen molar-refractivity contribution >= 4 is 75.0 Å². The summed E-state index contributed by atoms with van der Waals surface area (Å²) in [5.74, 6) is 0.727. The summed E-state index contributed by atoms with van der Waals surface area (Å²) in [7, 11) is 0. The monoisotopic (exact) mass is 679 g/mol. The van der Waals surface area contributed by atoms with Gasteiger partial charge in [0.1, 0.15) is 0 Å². The summed E-state index contributed by atoms with van der Waals surface area (Å²) in [6, 6.07) is 63.2. The molecule has 0 radical (unpaired) electrons. The maximum absolute atomic E-state index is 5.29. The number of fused-ring (bicyclic) bond motifs is 9. The third kappa shape index (κ3) is 4.51. The molecule has 0 saturated heterocycles. The minimum absolute atomic E-state index is 0.727. The van der Waals surface area contributed by atoms with Crippen LogP contribution in [-0.2, 0) is 0 Å². The molecule has 11 rings (SSSR count). The first-order chi connectivity index (χ1) is 25.8. The molecule has 3 nitrogen and oxygen atoms in total. The van der Waals surface area contributed by atoms with E-state index in [0.29, 0.717) is 0 Å². The molecule has 4 heteroatoms. The molecule has 3 aromatic heterocycles. The van der Waals surface area contributed by atoms with E-state index in [1.807, 2.05) is 0 Å². The summed E-state index contributed by atoms with van der Waals surface area (Å²) in [5, 5.41) is 8.75. The Bertz CT molecular complexity index is 3120. The predicted octanol–water partition coefficient (Wildman–Crippen LogP) is 13.2. The number of benzene rings is 8. The van der Waals surface area contributed by atoms with Gasteiger partial charge in [-0.25, -0.2) is 9.97 Å². The van der Waals surface area contributed by atoms with E-state index in [2.05, 4.69) is 180 Å². The molecule has 8 aromatic carbocycles. The van der Waals surface area contributed by atoms with E-state index >= 15 is 0 Å². The largest absolute Gasteiger partial charge is 0.309 e. The highest BCUT2D eigenvalue weighted by Gasteiger charge is 2.18. The van der Waals surface area contributed by atoms with Crippen LogP contribution < -0.4 is 0 Å². The van der Waals surface area contributed by atoms with Crippen LogP contribution in [0.15, 0.2) is 176 Å². The molecular weight excluding hydrogens is 651 g/mol. The van der Waals surface area contributed by atoms with Gasteiger partial charge in [-0.2, -0.15) is 0 Å². The van der Waals surface area contributed by atoms with E-state index in [-0.39, 0.29) is 0 Å². The van der Waals surface area contributed by atoms with Crippen molar-refractivity contribution in [3.63, 3.8) is 0 Å². The second kappa shape index (κ2) is 11.5. The molecule has 0 aliphatic carbocycles. The Morgan fingerprint density at radius 3 is 1.75 bits per heavy atom. The lowest BCUT2D eigenvalue weighted by atomic mass is 9.97. The van der Waals surface area contributed by atoms with Gasteiger partial charge in [0.05, 0.1) is 26.9 Å². The van der Waals surface area contributed by atoms with Crippen LogP contribution >= 0.6 is 11.3 Å². The highest BCUT2D eigenvalue weighted by atomic mass is 32.1. The molecule has 11 aromatic rings. The van der Waals surface area contributed by atoms with Crippen molar-refractivity contribution in [3.8, 4) is 39.5 Å². The lowest BCUT2D eigenvalue weighted by Crippen LogP contribution is -1.96. The number of rotatable bonds is 4. The van der Waals surface area contributed by atoms with Gasteiger partial charge in [0.15, 0.2) is 5.82 Å². The molecule has 0 N–H and O–H groups in total. The SMILES string of the molecule is c1ccc2c(c1)ccc1cc(-c3ccc(-c4nc(-c5ccc(-n6c7ccccc7c7ccccc76)cc5)nc5c4sc4ccccc45)cc3)ccc12. The van der Waals surface area contributed by atoms with Crippen LogP contribution in [0.4, 0.5) is 0 Å². The fourth-order valence-corrected chi connectivity index (χ4v) is 9.04. The second-order valence-electron chi connectivity index (χ2n) is 13.4. The van der Waals surface area contributed by atoms with Gasteiger partial charge in [0, 0.05) is 37.7 Å². The third-order valence-electron chi connectivity index (χ3n) is 10.4. The molecule has 242 valence electrons. The second-order valence-corrected chi connectivity index (χ2v) is 14.4. The van der Waals surface area contributed by atoms with E-state index in [1.54, 1.807) is 11.3 Å². The van der Waals surface area contributed by atoms with Crippen LogP contribution in [0, 0.1) is 0 Å². The molecule has 0 unspecified atom stereocenters. The highest BCUT2D eigenvalue weighted by Crippen LogP contribution is 2.40. The first-order valence-corrected chi connectivity index (χ1v) is 18.4. The minimum Gasteiger partial charge on any atom is -0.309 e. The Kier molecular flexibility index (Phi) is 6.42. The molecule has 3 heterocycles. The third-order valence-corrected chi connectivity index (χ3v) is 11.6. The van der Waals surface area contributed by atoms with Crippen LogP contribution in [-0.4, -0.2) is 14.5 Å². The molecule has 0 fully saturated rings. The summed E-state index contributed by atoms with van der Waals surface area (Å²) >= 11 is 1.76. The number of hydrogen-bond acceptors (Lipinski definition) is 3. The smallest absolute Gasteiger partial charge is 0.160 e. The molecule has 0 saturated carbocycles. The topological polar surface area (TPSA) is 30.7 Å². The van der Waals surface area contributed by atoms with Gasteiger partial charge in [-0.15, -0.1) is 11.3 Å². The molecule has 0 atom stereocenters. The van der Waals surface area contributed by atoms with Crippen LogP contribution in [0.5, 0.6) is 0 Å². The quantitative estimate of drug-likeness (QED) is 0.173. The average molecular weight is 680 g/mol. The first kappa shape index (κ1) is 29.1. The van der Waals surface area contributed by atoms with Crippen molar-refractivity contribution in [2.75, 3.05) is 0 Å². The average Bonchev–Trinajstić information content (AvgIpc) is 3.76. The lowest BCUT2D eigenvalue weighted by molar-refractivity contribution is 1.17. The molecule has 0 aliphatic rings. The maximum Gasteiger partial charge on any atom is 0.160 e. The molecule has 0 amide bonds. The molecule has 0 bridgehead atoms. The minimum atomic E-state index is 0.727. The Balaban J connectivity index is 1.01. The van der Waals surface area contributed by atoms with Gasteiger partial charge >= 0.3 is 0 Å². The van der Waals surface area contributed by atoms with Crippen molar-refractivity contribution in [2.24, 2.45) is 0 Å². The van der Waals surface area contributed by atoms with Gasteiger partial charge in [0.2, 0.25) is 0 Å². The zero-order chi connectivity index (χ0) is 34.2. The number of aromatic nitrogens is 3. The number of hydrogen-bond donors (Lipinski definition) is 0. The van der Waals surface area contributed by atoms with E-state index in [9.17, 15) is 0 Å². The van der Waals surface area contributed by atoms with Gasteiger partial charge in [0.25, 0.3) is 0 Å². The summed E-state index contributed by atoms with van der Waals surface area (Å²) in [6.07, 6.45) is 0. The van der Waals surface area contributed by atoms with E-state index in [1.165, 1.54) is 59.2 Å².